The van der Waals surface area contributed by atoms with Crippen molar-refractivity contribution in [1.29, 1.82) is 5.26 Å². The van der Waals surface area contributed by atoms with E-state index < -0.39 is 0 Å². The molecule has 96 valence electrons. The van der Waals surface area contributed by atoms with E-state index in [0.717, 1.165) is 10.9 Å². The van der Waals surface area contributed by atoms with Gasteiger partial charge in [-0.05, 0) is 24.3 Å². The number of pyridine rings is 1. The number of hydrogen-bond acceptors (Lipinski definition) is 4. The molecule has 1 heterocycles. The summed E-state index contributed by atoms with van der Waals surface area (Å²) in [5.41, 5.74) is 7.53. The normalized spacial score (nSPS) is 10.2. The van der Waals surface area contributed by atoms with E-state index in [1.165, 1.54) is 6.20 Å². The first-order valence-electron chi connectivity index (χ1n) is 6.09. The van der Waals surface area contributed by atoms with Gasteiger partial charge >= 0.3 is 0 Å². The number of nitrogens with two attached hydrogens (primary N) is 1. The van der Waals surface area contributed by atoms with E-state index in [1.54, 1.807) is 24.3 Å². The maximum absolute atomic E-state index is 9.22. The van der Waals surface area contributed by atoms with Crippen LogP contribution in [0.2, 0.25) is 0 Å². The predicted octanol–water partition coefficient (Wildman–Crippen LogP) is 3.48. The van der Waals surface area contributed by atoms with E-state index >= 15 is 0 Å². The van der Waals surface area contributed by atoms with Crippen molar-refractivity contribution in [2.24, 2.45) is 0 Å². The number of benzene rings is 2. The number of rotatable bonds is 2. The SMILES string of the molecule is N#Cc1cnc2ccccc2c1Oc1cccc(N)c1. The Hall–Kier alpha value is -3.06. The number of hydrogen-bond donors (Lipinski definition) is 1. The Kier molecular flexibility index (Phi) is 2.94. The van der Waals surface area contributed by atoms with Crippen LogP contribution in [0.15, 0.2) is 54.7 Å². The fourth-order valence-electron chi connectivity index (χ4n) is 2.00. The van der Waals surface area contributed by atoms with Gasteiger partial charge in [0.05, 0.1) is 5.52 Å². The zero-order chi connectivity index (χ0) is 13.9. The summed E-state index contributed by atoms with van der Waals surface area (Å²) in [4.78, 5) is 4.24. The third-order valence-electron chi connectivity index (χ3n) is 2.92. The summed E-state index contributed by atoms with van der Waals surface area (Å²) < 4.78 is 5.85. The molecule has 0 unspecified atom stereocenters. The highest BCUT2D eigenvalue weighted by molar-refractivity contribution is 5.87. The maximum atomic E-state index is 9.22. The van der Waals surface area contributed by atoms with Gasteiger partial charge in [0.2, 0.25) is 0 Å². The van der Waals surface area contributed by atoms with Crippen LogP contribution < -0.4 is 10.5 Å². The van der Waals surface area contributed by atoms with Crippen LogP contribution >= 0.6 is 0 Å². The Labute approximate surface area is 116 Å². The van der Waals surface area contributed by atoms with Crippen molar-refractivity contribution >= 4 is 16.6 Å². The molecule has 0 saturated carbocycles. The molecule has 0 aliphatic rings. The van der Waals surface area contributed by atoms with Gasteiger partial charge in [0, 0.05) is 23.3 Å². The molecular weight excluding hydrogens is 250 g/mol. The van der Waals surface area contributed by atoms with Crippen LogP contribution in [-0.4, -0.2) is 4.98 Å². The molecule has 0 radical (unpaired) electrons. The van der Waals surface area contributed by atoms with E-state index in [0.29, 0.717) is 22.7 Å². The second-order valence-electron chi connectivity index (χ2n) is 4.30. The van der Waals surface area contributed by atoms with E-state index in [4.69, 9.17) is 10.5 Å². The summed E-state index contributed by atoms with van der Waals surface area (Å²) in [5, 5.41) is 10.0. The average molecular weight is 261 g/mol. The molecule has 0 aliphatic carbocycles. The van der Waals surface area contributed by atoms with Gasteiger partial charge in [-0.2, -0.15) is 5.26 Å². The quantitative estimate of drug-likeness (QED) is 0.717. The van der Waals surface area contributed by atoms with Gasteiger partial charge in [-0.1, -0.05) is 18.2 Å². The van der Waals surface area contributed by atoms with E-state index in [2.05, 4.69) is 11.1 Å². The summed E-state index contributed by atoms with van der Waals surface area (Å²) >= 11 is 0. The number of para-hydroxylation sites is 1. The summed E-state index contributed by atoms with van der Waals surface area (Å²) in [6.45, 7) is 0. The molecular formula is C16H11N3O. The average Bonchev–Trinajstić information content (AvgIpc) is 2.48. The third kappa shape index (κ3) is 2.13. The lowest BCUT2D eigenvalue weighted by Crippen LogP contribution is -1.93. The molecule has 3 rings (SSSR count). The summed E-state index contributed by atoms with van der Waals surface area (Å²) in [6.07, 6.45) is 1.52. The summed E-state index contributed by atoms with van der Waals surface area (Å²) in [7, 11) is 0. The third-order valence-corrected chi connectivity index (χ3v) is 2.92. The Morgan fingerprint density at radius 2 is 1.95 bits per heavy atom. The molecule has 0 amide bonds. The second-order valence-corrected chi connectivity index (χ2v) is 4.30. The van der Waals surface area contributed by atoms with E-state index in [9.17, 15) is 5.26 Å². The van der Waals surface area contributed by atoms with Crippen LogP contribution in [0, 0.1) is 11.3 Å². The molecule has 0 aliphatic heterocycles. The van der Waals surface area contributed by atoms with Crippen molar-refractivity contribution < 1.29 is 4.74 Å². The molecule has 1 aromatic heterocycles. The van der Waals surface area contributed by atoms with Crippen molar-refractivity contribution in [3.63, 3.8) is 0 Å². The number of nitriles is 1. The van der Waals surface area contributed by atoms with Gasteiger partial charge in [-0.15, -0.1) is 0 Å². The Bertz CT molecular complexity index is 821. The van der Waals surface area contributed by atoms with Gasteiger partial charge in [-0.3, -0.25) is 4.98 Å². The van der Waals surface area contributed by atoms with Crippen molar-refractivity contribution in [3.05, 3.63) is 60.3 Å². The number of fused-ring (bicyclic) bond motifs is 1. The largest absolute Gasteiger partial charge is 0.455 e. The Morgan fingerprint density at radius 1 is 1.10 bits per heavy atom. The van der Waals surface area contributed by atoms with Gasteiger partial charge in [0.15, 0.2) is 5.75 Å². The highest BCUT2D eigenvalue weighted by atomic mass is 16.5. The zero-order valence-corrected chi connectivity index (χ0v) is 10.6. The fourth-order valence-corrected chi connectivity index (χ4v) is 2.00. The van der Waals surface area contributed by atoms with Crippen LogP contribution in [0.1, 0.15) is 5.56 Å². The smallest absolute Gasteiger partial charge is 0.156 e. The maximum Gasteiger partial charge on any atom is 0.156 e. The molecule has 4 heteroatoms. The van der Waals surface area contributed by atoms with Crippen LogP contribution in [0.3, 0.4) is 0 Å². The molecule has 20 heavy (non-hydrogen) atoms. The Balaban J connectivity index is 2.17. The summed E-state index contributed by atoms with van der Waals surface area (Å²) in [5.74, 6) is 1.10. The molecule has 2 N–H and O–H groups in total. The second kappa shape index (κ2) is 4.90. The van der Waals surface area contributed by atoms with E-state index in [-0.39, 0.29) is 0 Å². The number of nitrogens with zero attached hydrogens (tertiary/aromatic N) is 2. The highest BCUT2D eigenvalue weighted by Crippen LogP contribution is 2.32. The first-order valence-corrected chi connectivity index (χ1v) is 6.09. The molecule has 0 saturated heterocycles. The molecule has 3 aromatic rings. The van der Waals surface area contributed by atoms with Gasteiger partial charge in [-0.25, -0.2) is 0 Å². The van der Waals surface area contributed by atoms with Crippen LogP contribution in [-0.2, 0) is 0 Å². The monoisotopic (exact) mass is 261 g/mol. The minimum absolute atomic E-state index is 0.395. The lowest BCUT2D eigenvalue weighted by Gasteiger charge is -2.10. The lowest BCUT2D eigenvalue weighted by atomic mass is 10.1. The minimum Gasteiger partial charge on any atom is -0.455 e. The van der Waals surface area contributed by atoms with Crippen LogP contribution in [0.25, 0.3) is 10.9 Å². The number of anilines is 1. The first kappa shape index (κ1) is 12.0. The molecule has 0 bridgehead atoms. The molecule has 2 aromatic carbocycles. The lowest BCUT2D eigenvalue weighted by molar-refractivity contribution is 0.486. The molecule has 4 nitrogen and oxygen atoms in total. The van der Waals surface area contributed by atoms with Crippen molar-refractivity contribution in [3.8, 4) is 17.6 Å². The predicted molar refractivity (Wildman–Crippen MR) is 77.4 cm³/mol. The standard InChI is InChI=1S/C16H11N3O/c17-9-11-10-19-15-7-2-1-6-14(15)16(11)20-13-5-3-4-12(18)8-13/h1-8,10H,18H2. The van der Waals surface area contributed by atoms with Gasteiger partial charge < -0.3 is 10.5 Å². The van der Waals surface area contributed by atoms with Gasteiger partial charge in [0.1, 0.15) is 17.4 Å². The molecule has 0 spiro atoms. The van der Waals surface area contributed by atoms with Crippen LogP contribution in [0.5, 0.6) is 11.5 Å². The van der Waals surface area contributed by atoms with Crippen molar-refractivity contribution in [1.82, 2.24) is 4.98 Å². The Morgan fingerprint density at radius 3 is 2.75 bits per heavy atom. The number of aromatic nitrogens is 1. The highest BCUT2D eigenvalue weighted by Gasteiger charge is 2.11. The van der Waals surface area contributed by atoms with Crippen molar-refractivity contribution in [2.75, 3.05) is 5.73 Å². The molecule has 0 atom stereocenters. The van der Waals surface area contributed by atoms with Gasteiger partial charge in [0.25, 0.3) is 0 Å². The minimum atomic E-state index is 0.395. The number of nitrogen functional groups attached to an aromatic ring is 1. The number of ether oxygens (including phenoxy) is 1. The topological polar surface area (TPSA) is 71.9 Å². The van der Waals surface area contributed by atoms with Crippen LogP contribution in [0.4, 0.5) is 5.69 Å². The zero-order valence-electron chi connectivity index (χ0n) is 10.6. The van der Waals surface area contributed by atoms with Crippen molar-refractivity contribution in [2.45, 2.75) is 0 Å². The summed E-state index contributed by atoms with van der Waals surface area (Å²) in [6, 6.07) is 16.7. The van der Waals surface area contributed by atoms with E-state index in [1.807, 2.05) is 24.3 Å². The molecule has 0 fully saturated rings. The fraction of sp³-hybridized carbons (Fsp3) is 0. The first-order chi connectivity index (χ1) is 9.78.